The Morgan fingerprint density at radius 3 is 2.40 bits per heavy atom. The molecule has 6 rings (SSSR count). The quantitative estimate of drug-likeness (QED) is 0.118. The molecule has 0 spiro atoms. The lowest BCUT2D eigenvalue weighted by Gasteiger charge is -2.42. The van der Waals surface area contributed by atoms with Crippen molar-refractivity contribution in [3.05, 3.63) is 71.5 Å². The van der Waals surface area contributed by atoms with E-state index in [1.54, 1.807) is 20.8 Å². The van der Waals surface area contributed by atoms with Crippen LogP contribution in [0, 0.1) is 5.41 Å². The lowest BCUT2D eigenvalue weighted by molar-refractivity contribution is -0.155. The Bertz CT molecular complexity index is 2180. The number of ether oxygens (including phenoxy) is 2. The van der Waals surface area contributed by atoms with Crippen molar-refractivity contribution in [2.24, 2.45) is 5.41 Å². The van der Waals surface area contributed by atoms with Crippen LogP contribution in [0.25, 0.3) is 33.3 Å². The molecule has 0 saturated carbocycles. The van der Waals surface area contributed by atoms with Crippen LogP contribution in [0.4, 0.5) is 4.79 Å². The molecule has 2 atom stereocenters. The van der Waals surface area contributed by atoms with Gasteiger partial charge in [0.2, 0.25) is 0 Å². The molecule has 2 aromatic heterocycles. The molecule has 324 valence electrons. The lowest BCUT2D eigenvalue weighted by Crippen LogP contribution is -2.60. The molecule has 1 saturated heterocycles. The van der Waals surface area contributed by atoms with Crippen LogP contribution in [0.1, 0.15) is 113 Å². The van der Waals surface area contributed by atoms with Gasteiger partial charge in [-0.15, -0.1) is 0 Å². The summed E-state index contributed by atoms with van der Waals surface area (Å²) in [6.45, 7) is 25.9. The maximum atomic E-state index is 14.6. The van der Waals surface area contributed by atoms with Gasteiger partial charge >= 0.3 is 12.1 Å². The van der Waals surface area contributed by atoms with Crippen molar-refractivity contribution in [1.82, 2.24) is 25.7 Å². The first-order chi connectivity index (χ1) is 28.2. The fraction of sp³-hybridized carbons (Fsp3) is 0.542. The third kappa shape index (κ3) is 9.75. The zero-order valence-electron chi connectivity index (χ0n) is 37.9. The smallest absolute Gasteiger partial charge is 0.408 e. The van der Waals surface area contributed by atoms with E-state index in [2.05, 4.69) is 119 Å². The van der Waals surface area contributed by atoms with E-state index in [1.807, 2.05) is 18.5 Å². The molecule has 2 aromatic carbocycles. The van der Waals surface area contributed by atoms with Gasteiger partial charge in [0.05, 0.1) is 12.3 Å². The number of hydrogen-bond donors (Lipinski definition) is 3. The van der Waals surface area contributed by atoms with Crippen molar-refractivity contribution < 1.29 is 28.3 Å². The van der Waals surface area contributed by atoms with Gasteiger partial charge in [0.1, 0.15) is 23.4 Å². The fourth-order valence-corrected chi connectivity index (χ4v) is 14.7. The van der Waals surface area contributed by atoms with Crippen LogP contribution >= 0.6 is 0 Å². The predicted molar refractivity (Wildman–Crippen MR) is 241 cm³/mol. The van der Waals surface area contributed by atoms with E-state index in [0.717, 1.165) is 56.6 Å². The number of hydrogen-bond acceptors (Lipinski definition) is 8. The van der Waals surface area contributed by atoms with Gasteiger partial charge in [0.15, 0.2) is 0 Å². The van der Waals surface area contributed by atoms with E-state index >= 15 is 0 Å². The molecule has 0 unspecified atom stereocenters. The number of fused-ring (bicyclic) bond motifs is 6. The normalized spacial score (nSPS) is 19.1. The van der Waals surface area contributed by atoms with E-state index in [-0.39, 0.29) is 18.9 Å². The van der Waals surface area contributed by atoms with E-state index < -0.39 is 43.5 Å². The average molecular weight is 838 g/mol. The molecular weight excluding hydrogens is 771 g/mol. The number of pyridine rings is 1. The number of aromatic amines is 1. The van der Waals surface area contributed by atoms with Crippen LogP contribution in [0.15, 0.2) is 54.9 Å². The molecular formula is C48H67N5O6Si. The van der Waals surface area contributed by atoms with E-state index in [1.165, 1.54) is 10.6 Å². The largest absolute Gasteiger partial charge is 0.543 e. The maximum absolute atomic E-state index is 14.6. The Labute approximate surface area is 357 Å². The average Bonchev–Trinajstić information content (AvgIpc) is 3.53. The Kier molecular flexibility index (Phi) is 13.3. The van der Waals surface area contributed by atoms with Gasteiger partial charge in [-0.3, -0.25) is 19.6 Å². The standard InChI is InChI=1S/C48H67N5O6Si/c1-13-33-18-19-49-27-39(33)43-38-26-48(11,12)28-57-45(55)41-15-14-20-53(52-41)44(54)42(51-46(56)58-47(8,9)10)23-32-21-35(34-16-17-40(50-43)37(38)25-34)24-36(22-32)59-60(29(2)3,30(4)5)31(6)7/h16-19,21-22,24-25,27,29-31,41-42,50,52H,13-15,20,23,26,28H2,1-12H3,(H,51,56)/t41-,42-/m0/s1. The highest BCUT2D eigenvalue weighted by molar-refractivity contribution is 6.78. The van der Waals surface area contributed by atoms with E-state index in [0.29, 0.717) is 42.4 Å². The summed E-state index contributed by atoms with van der Waals surface area (Å²) in [6.07, 6.45) is 5.81. The number of H-pyrrole nitrogens is 1. The molecule has 6 bridgehead atoms. The Hall–Kier alpha value is -4.68. The van der Waals surface area contributed by atoms with Crippen LogP contribution in [-0.2, 0) is 38.3 Å². The Morgan fingerprint density at radius 1 is 1.02 bits per heavy atom. The van der Waals surface area contributed by atoms with Gasteiger partial charge < -0.3 is 24.2 Å². The number of rotatable bonds is 8. The summed E-state index contributed by atoms with van der Waals surface area (Å²) in [5.74, 6) is -0.0279. The number of aromatic nitrogens is 2. The first-order valence-corrected chi connectivity index (χ1v) is 24.0. The number of amides is 2. The van der Waals surface area contributed by atoms with E-state index in [4.69, 9.17) is 13.9 Å². The number of hydrazine groups is 1. The maximum Gasteiger partial charge on any atom is 0.408 e. The Morgan fingerprint density at radius 2 is 1.73 bits per heavy atom. The molecule has 2 aliphatic heterocycles. The Balaban J connectivity index is 1.58. The molecule has 0 aliphatic carbocycles. The summed E-state index contributed by atoms with van der Waals surface area (Å²) in [4.78, 5) is 50.0. The monoisotopic (exact) mass is 837 g/mol. The van der Waals surface area contributed by atoms with Crippen molar-refractivity contribution in [1.29, 1.82) is 0 Å². The third-order valence-electron chi connectivity index (χ3n) is 12.2. The van der Waals surface area contributed by atoms with Crippen molar-refractivity contribution in [2.45, 2.75) is 149 Å². The van der Waals surface area contributed by atoms with Gasteiger partial charge in [-0.1, -0.05) is 74.4 Å². The van der Waals surface area contributed by atoms with Gasteiger partial charge in [0.25, 0.3) is 14.2 Å². The van der Waals surface area contributed by atoms with Gasteiger partial charge in [-0.2, -0.15) is 0 Å². The van der Waals surface area contributed by atoms with Gasteiger partial charge in [0, 0.05) is 47.2 Å². The van der Waals surface area contributed by atoms with Crippen LogP contribution < -0.4 is 15.2 Å². The molecule has 3 N–H and O–H groups in total. The summed E-state index contributed by atoms with van der Waals surface area (Å²) in [6, 6.07) is 13.1. The van der Waals surface area contributed by atoms with Crippen molar-refractivity contribution in [2.75, 3.05) is 13.2 Å². The third-order valence-corrected chi connectivity index (χ3v) is 18.2. The number of nitrogens with one attached hydrogen (secondary N) is 3. The molecule has 1 fully saturated rings. The van der Waals surface area contributed by atoms with Crippen molar-refractivity contribution >= 4 is 37.2 Å². The molecule has 4 aromatic rings. The van der Waals surface area contributed by atoms with Crippen LogP contribution in [-0.4, -0.2) is 72.1 Å². The van der Waals surface area contributed by atoms with E-state index in [9.17, 15) is 14.4 Å². The number of esters is 1. The summed E-state index contributed by atoms with van der Waals surface area (Å²) >= 11 is 0. The summed E-state index contributed by atoms with van der Waals surface area (Å²) in [5.41, 5.74) is 11.1. The van der Waals surface area contributed by atoms with Crippen LogP contribution in [0.2, 0.25) is 16.6 Å². The number of alkyl carbamates (subject to hydrolysis) is 1. The molecule has 2 aliphatic rings. The summed E-state index contributed by atoms with van der Waals surface area (Å²) < 4.78 is 19.1. The first kappa shape index (κ1) is 44.9. The summed E-state index contributed by atoms with van der Waals surface area (Å²) in [5, 5.41) is 5.43. The zero-order chi connectivity index (χ0) is 43.7. The second-order valence-corrected chi connectivity index (χ2v) is 25.0. The minimum absolute atomic E-state index is 0.159. The summed E-state index contributed by atoms with van der Waals surface area (Å²) in [7, 11) is -2.42. The molecule has 0 radical (unpaired) electrons. The van der Waals surface area contributed by atoms with Crippen LogP contribution in [0.5, 0.6) is 5.75 Å². The van der Waals surface area contributed by atoms with Crippen LogP contribution in [0.3, 0.4) is 0 Å². The lowest BCUT2D eigenvalue weighted by atomic mass is 9.84. The highest BCUT2D eigenvalue weighted by Gasteiger charge is 2.47. The highest BCUT2D eigenvalue weighted by Crippen LogP contribution is 2.44. The van der Waals surface area contributed by atoms with Gasteiger partial charge in [-0.05, 0) is 121 Å². The predicted octanol–water partition coefficient (Wildman–Crippen LogP) is 10.1. The van der Waals surface area contributed by atoms with Crippen molar-refractivity contribution in [3.8, 4) is 28.1 Å². The zero-order valence-corrected chi connectivity index (χ0v) is 38.9. The van der Waals surface area contributed by atoms with Crippen molar-refractivity contribution in [3.63, 3.8) is 0 Å². The number of benzene rings is 2. The molecule has 2 amide bonds. The number of carbonyl (C=O) groups is 3. The SMILES string of the molecule is CCc1ccncc1-c1[nH]c2ccc3cc2c1CC(C)(C)COC(=O)[C@@H]1CCCN(N1)C(=O)[C@@H](NC(=O)OC(C)(C)C)Cc1cc(O[Si](C(C)C)(C(C)C)C(C)C)cc-3c1. The number of carbonyl (C=O) groups excluding carboxylic acids is 3. The molecule has 12 heteroatoms. The number of nitrogens with zero attached hydrogens (tertiary/aromatic N) is 2. The molecule has 4 heterocycles. The first-order valence-electron chi connectivity index (χ1n) is 21.9. The second-order valence-electron chi connectivity index (χ2n) is 19.6. The minimum Gasteiger partial charge on any atom is -0.543 e. The molecule has 11 nitrogen and oxygen atoms in total. The fourth-order valence-electron chi connectivity index (χ4n) is 9.44. The van der Waals surface area contributed by atoms with Gasteiger partial charge in [-0.25, -0.2) is 10.2 Å². The highest BCUT2D eigenvalue weighted by atomic mass is 28.4. The number of aryl methyl sites for hydroxylation is 1. The number of cyclic esters (lactones) is 1. The topological polar surface area (TPSA) is 135 Å². The minimum atomic E-state index is -2.42. The molecule has 60 heavy (non-hydrogen) atoms. The second kappa shape index (κ2) is 17.7.